The van der Waals surface area contributed by atoms with Crippen LogP contribution in [0.3, 0.4) is 0 Å². The van der Waals surface area contributed by atoms with Crippen LogP contribution in [0.1, 0.15) is 25.7 Å². The summed E-state index contributed by atoms with van der Waals surface area (Å²) in [5, 5.41) is 12.1. The number of carbonyl (C=O) groups is 1. The van der Waals surface area contributed by atoms with Crippen LogP contribution in [0.4, 0.5) is 0 Å². The molecule has 0 spiro atoms. The number of hydrogen-bond donors (Lipinski definition) is 2. The molecule has 0 aliphatic carbocycles. The molecule has 0 aromatic carbocycles. The third-order valence-corrected chi connectivity index (χ3v) is 4.41. The fourth-order valence-electron chi connectivity index (χ4n) is 2.97. The molecule has 20 heavy (non-hydrogen) atoms. The van der Waals surface area contributed by atoms with E-state index < -0.39 is 5.41 Å². The predicted molar refractivity (Wildman–Crippen MR) is 72.5 cm³/mol. The van der Waals surface area contributed by atoms with Crippen molar-refractivity contribution in [2.45, 2.75) is 31.7 Å². The van der Waals surface area contributed by atoms with Crippen LogP contribution in [-0.2, 0) is 14.3 Å². The molecule has 0 atom stereocenters. The first-order valence-electron chi connectivity index (χ1n) is 7.02. The lowest BCUT2D eigenvalue weighted by atomic mass is 9.77. The molecule has 0 saturated carbocycles. The molecule has 0 aromatic rings. The van der Waals surface area contributed by atoms with Crippen LogP contribution in [-0.4, -0.2) is 61.4 Å². The minimum absolute atomic E-state index is 0.00953. The maximum absolute atomic E-state index is 12.9. The van der Waals surface area contributed by atoms with Gasteiger partial charge < -0.3 is 25.3 Å². The van der Waals surface area contributed by atoms with Crippen molar-refractivity contribution in [3.8, 4) is 0 Å². The fraction of sp³-hybridized carbons (Fsp3) is 0.846. The van der Waals surface area contributed by atoms with Crippen molar-refractivity contribution < 1.29 is 19.5 Å². The van der Waals surface area contributed by atoms with Gasteiger partial charge in [-0.2, -0.15) is 0 Å². The lowest BCUT2D eigenvalue weighted by molar-refractivity contribution is -0.145. The highest BCUT2D eigenvalue weighted by molar-refractivity contribution is 6.06. The summed E-state index contributed by atoms with van der Waals surface area (Å²) in [5.41, 5.74) is 4.89. The van der Waals surface area contributed by atoms with E-state index in [1.54, 1.807) is 11.9 Å². The van der Waals surface area contributed by atoms with Gasteiger partial charge >= 0.3 is 0 Å². The third-order valence-electron chi connectivity index (χ3n) is 4.41. The zero-order valence-corrected chi connectivity index (χ0v) is 11.9. The monoisotopic (exact) mass is 285 g/mol. The number of carbonyl (C=O) groups excluding carboxylic acids is 1. The summed E-state index contributed by atoms with van der Waals surface area (Å²) < 4.78 is 10.6. The SMILES string of the molecule is CN(C(=O)C1(C(N)=NO)CCOCC1)C1CCOCC1. The Kier molecular flexibility index (Phi) is 4.82. The molecule has 2 fully saturated rings. The molecule has 2 aliphatic heterocycles. The second-order valence-corrected chi connectivity index (χ2v) is 5.44. The highest BCUT2D eigenvalue weighted by Gasteiger charge is 2.47. The van der Waals surface area contributed by atoms with Gasteiger partial charge in [-0.25, -0.2) is 0 Å². The highest BCUT2D eigenvalue weighted by atomic mass is 16.5. The normalized spacial score (nSPS) is 24.4. The number of amidine groups is 1. The van der Waals surface area contributed by atoms with Crippen LogP contribution in [0, 0.1) is 5.41 Å². The number of oxime groups is 1. The van der Waals surface area contributed by atoms with Crippen molar-refractivity contribution in [2.75, 3.05) is 33.5 Å². The predicted octanol–water partition coefficient (Wildman–Crippen LogP) is 0.167. The molecule has 0 aromatic heterocycles. The van der Waals surface area contributed by atoms with Gasteiger partial charge in [-0.15, -0.1) is 0 Å². The molecular formula is C13H23N3O4. The minimum Gasteiger partial charge on any atom is -0.409 e. The Balaban J connectivity index is 2.17. The Hall–Kier alpha value is -1.34. The van der Waals surface area contributed by atoms with Crippen molar-refractivity contribution in [2.24, 2.45) is 16.3 Å². The molecule has 7 nitrogen and oxygen atoms in total. The molecule has 2 heterocycles. The van der Waals surface area contributed by atoms with Gasteiger partial charge in [0, 0.05) is 39.5 Å². The first-order valence-corrected chi connectivity index (χ1v) is 7.02. The van der Waals surface area contributed by atoms with E-state index in [2.05, 4.69) is 5.16 Å². The molecule has 1 amide bonds. The quantitative estimate of drug-likeness (QED) is 0.333. The van der Waals surface area contributed by atoms with Gasteiger partial charge in [-0.05, 0) is 25.7 Å². The Labute approximate surface area is 118 Å². The van der Waals surface area contributed by atoms with Gasteiger partial charge in [0.05, 0.1) is 0 Å². The van der Waals surface area contributed by atoms with E-state index in [0.29, 0.717) is 39.3 Å². The molecule has 2 rings (SSSR count). The van der Waals surface area contributed by atoms with Crippen molar-refractivity contribution in [1.29, 1.82) is 0 Å². The second kappa shape index (κ2) is 6.41. The highest BCUT2D eigenvalue weighted by Crippen LogP contribution is 2.34. The second-order valence-electron chi connectivity index (χ2n) is 5.44. The summed E-state index contributed by atoms with van der Waals surface area (Å²) in [6.07, 6.45) is 2.56. The average Bonchev–Trinajstić information content (AvgIpc) is 2.54. The number of ether oxygens (including phenoxy) is 2. The molecule has 114 valence electrons. The number of hydrogen-bond acceptors (Lipinski definition) is 5. The molecule has 2 aliphatic rings. The van der Waals surface area contributed by atoms with Crippen LogP contribution in [0.5, 0.6) is 0 Å². The van der Waals surface area contributed by atoms with Crippen LogP contribution >= 0.6 is 0 Å². The largest absolute Gasteiger partial charge is 0.409 e. The van der Waals surface area contributed by atoms with Crippen LogP contribution in [0.15, 0.2) is 5.16 Å². The zero-order valence-electron chi connectivity index (χ0n) is 11.9. The van der Waals surface area contributed by atoms with Crippen LogP contribution < -0.4 is 5.73 Å². The van der Waals surface area contributed by atoms with Gasteiger partial charge in [0.25, 0.3) is 0 Å². The van der Waals surface area contributed by atoms with E-state index in [1.165, 1.54) is 0 Å². The van der Waals surface area contributed by atoms with Crippen molar-refractivity contribution in [3.05, 3.63) is 0 Å². The molecule has 0 bridgehead atoms. The first kappa shape index (κ1) is 15.1. The van der Waals surface area contributed by atoms with E-state index in [-0.39, 0.29) is 17.8 Å². The van der Waals surface area contributed by atoms with Gasteiger partial charge in [0.2, 0.25) is 5.91 Å². The molecule has 0 unspecified atom stereocenters. The zero-order chi connectivity index (χ0) is 14.6. The Morgan fingerprint density at radius 2 is 1.80 bits per heavy atom. The minimum atomic E-state index is -0.931. The van der Waals surface area contributed by atoms with E-state index in [0.717, 1.165) is 12.8 Å². The van der Waals surface area contributed by atoms with E-state index in [4.69, 9.17) is 20.4 Å². The molecular weight excluding hydrogens is 262 g/mol. The van der Waals surface area contributed by atoms with Crippen molar-refractivity contribution in [1.82, 2.24) is 4.90 Å². The number of amides is 1. The van der Waals surface area contributed by atoms with E-state index >= 15 is 0 Å². The van der Waals surface area contributed by atoms with Gasteiger partial charge in [-0.3, -0.25) is 4.79 Å². The van der Waals surface area contributed by atoms with Crippen molar-refractivity contribution in [3.63, 3.8) is 0 Å². The average molecular weight is 285 g/mol. The maximum Gasteiger partial charge on any atom is 0.236 e. The summed E-state index contributed by atoms with van der Waals surface area (Å²) >= 11 is 0. The molecule has 0 radical (unpaired) electrons. The standard InChI is InChI=1S/C13H23N3O4/c1-16(10-2-6-19-7-3-10)12(17)13(11(14)15-18)4-8-20-9-5-13/h10,18H,2-9H2,1H3,(H2,14,15). The van der Waals surface area contributed by atoms with Gasteiger partial charge in [0.1, 0.15) is 5.41 Å². The number of nitrogens with zero attached hydrogens (tertiary/aromatic N) is 2. The summed E-state index contributed by atoms with van der Waals surface area (Å²) in [6.45, 7) is 2.23. The number of rotatable bonds is 3. The summed E-state index contributed by atoms with van der Waals surface area (Å²) in [7, 11) is 1.79. The lowest BCUT2D eigenvalue weighted by Gasteiger charge is -2.40. The Morgan fingerprint density at radius 3 is 2.35 bits per heavy atom. The van der Waals surface area contributed by atoms with Gasteiger partial charge in [0.15, 0.2) is 5.84 Å². The first-order chi connectivity index (χ1) is 9.62. The molecule has 3 N–H and O–H groups in total. The summed E-state index contributed by atoms with van der Waals surface area (Å²) in [5.74, 6) is -0.0901. The van der Waals surface area contributed by atoms with Crippen LogP contribution in [0.2, 0.25) is 0 Å². The van der Waals surface area contributed by atoms with Crippen LogP contribution in [0.25, 0.3) is 0 Å². The van der Waals surface area contributed by atoms with E-state index in [9.17, 15) is 4.79 Å². The third kappa shape index (κ3) is 2.73. The maximum atomic E-state index is 12.9. The fourth-order valence-corrected chi connectivity index (χ4v) is 2.97. The summed E-state index contributed by atoms with van der Waals surface area (Å²) in [4.78, 5) is 14.6. The topological polar surface area (TPSA) is 97.4 Å². The number of nitrogens with two attached hydrogens (primary N) is 1. The smallest absolute Gasteiger partial charge is 0.236 e. The van der Waals surface area contributed by atoms with E-state index in [1.807, 2.05) is 0 Å². The Bertz CT molecular complexity index is 374. The van der Waals surface area contributed by atoms with Gasteiger partial charge in [-0.1, -0.05) is 5.16 Å². The lowest BCUT2D eigenvalue weighted by Crippen LogP contribution is -2.55. The molecule has 7 heteroatoms. The molecule has 2 saturated heterocycles. The summed E-state index contributed by atoms with van der Waals surface area (Å²) in [6, 6.07) is 0.155. The Morgan fingerprint density at radius 1 is 1.25 bits per heavy atom. The van der Waals surface area contributed by atoms with Crippen molar-refractivity contribution >= 4 is 11.7 Å².